The van der Waals surface area contributed by atoms with Gasteiger partial charge in [-0.15, -0.1) is 12.4 Å². The number of carbonyl (C=O) groups excluding carboxylic acids is 3. The molecular weight excluding hydrogens is 468 g/mol. The van der Waals surface area contributed by atoms with Gasteiger partial charge in [-0.05, 0) is 24.1 Å². The zero-order valence-electron chi connectivity index (χ0n) is 19.4. The number of unbranched alkanes of at least 4 members (excludes halogenated alkanes) is 1. The Kier molecular flexibility index (Phi) is 12.4. The molecule has 12 heteroatoms. The van der Waals surface area contributed by atoms with Crippen LogP contribution in [-0.4, -0.2) is 69.1 Å². The molecule has 0 spiro atoms. The molecule has 0 fully saturated rings. The third kappa shape index (κ3) is 8.89. The van der Waals surface area contributed by atoms with Crippen LogP contribution in [0.2, 0.25) is 0 Å². The second-order valence-corrected chi connectivity index (χ2v) is 7.30. The van der Waals surface area contributed by atoms with Crippen molar-refractivity contribution in [2.24, 2.45) is 5.16 Å². The van der Waals surface area contributed by atoms with Crippen molar-refractivity contribution in [3.8, 4) is 0 Å². The molecule has 0 radical (unpaired) electrons. The number of hydrogen-bond acceptors (Lipinski definition) is 9. The molecule has 0 aromatic heterocycles. The number of nitrogens with zero attached hydrogens (tertiary/aromatic N) is 1. The fourth-order valence-corrected chi connectivity index (χ4v) is 2.96. The first kappa shape index (κ1) is 28.7. The number of amides is 2. The van der Waals surface area contributed by atoms with Crippen molar-refractivity contribution in [2.75, 3.05) is 27.4 Å². The molecule has 1 aromatic carbocycles. The molecule has 1 aliphatic rings. The van der Waals surface area contributed by atoms with Gasteiger partial charge in [-0.2, -0.15) is 0 Å². The number of esters is 1. The predicted octanol–water partition coefficient (Wildman–Crippen LogP) is 2.15. The van der Waals surface area contributed by atoms with Crippen molar-refractivity contribution in [1.82, 2.24) is 10.6 Å². The van der Waals surface area contributed by atoms with Gasteiger partial charge in [0, 0.05) is 18.5 Å². The smallest absolute Gasteiger partial charge is 0.407 e. The van der Waals surface area contributed by atoms with Crippen molar-refractivity contribution in [3.63, 3.8) is 0 Å². The lowest BCUT2D eigenvalue weighted by molar-refractivity contribution is -0.143. The number of oxime groups is 1. The van der Waals surface area contributed by atoms with Gasteiger partial charge in [-0.1, -0.05) is 30.6 Å². The average Bonchev–Trinajstić information content (AvgIpc) is 3.29. The maximum Gasteiger partial charge on any atom is 0.407 e. The van der Waals surface area contributed by atoms with Crippen LogP contribution < -0.4 is 10.6 Å². The molecule has 0 bridgehead atoms. The lowest BCUT2D eigenvalue weighted by Gasteiger charge is -2.17. The van der Waals surface area contributed by atoms with Gasteiger partial charge in [0.05, 0.1) is 33.0 Å². The number of hydrogen-bond donors (Lipinski definition) is 3. The van der Waals surface area contributed by atoms with Crippen LogP contribution in [-0.2, 0) is 28.6 Å². The Hall–Kier alpha value is -3.34. The number of halogens is 1. The van der Waals surface area contributed by atoms with Crippen LogP contribution in [0.25, 0.3) is 0 Å². The number of benzene rings is 1. The minimum Gasteiger partial charge on any atom is -0.481 e. The lowest BCUT2D eigenvalue weighted by Crippen LogP contribution is -2.49. The largest absolute Gasteiger partial charge is 0.481 e. The minimum absolute atomic E-state index is 0. The van der Waals surface area contributed by atoms with Gasteiger partial charge in [0.1, 0.15) is 12.1 Å². The summed E-state index contributed by atoms with van der Waals surface area (Å²) in [7, 11) is 2.63. The van der Waals surface area contributed by atoms with Gasteiger partial charge in [0.15, 0.2) is 0 Å². The van der Waals surface area contributed by atoms with Crippen LogP contribution in [0, 0.1) is 5.41 Å². The molecule has 1 aliphatic heterocycles. The second kappa shape index (κ2) is 14.7. The van der Waals surface area contributed by atoms with E-state index in [2.05, 4.69) is 20.5 Å². The Morgan fingerprint density at radius 2 is 1.91 bits per heavy atom. The summed E-state index contributed by atoms with van der Waals surface area (Å²) in [5, 5.41) is 16.7. The third-order valence-electron chi connectivity index (χ3n) is 4.84. The highest BCUT2D eigenvalue weighted by molar-refractivity contribution is 6.02. The standard InChI is InChI=1S/C22H30N4O7.ClH/c1-4-5-10-32-22(29)25-18(21(28)31-3)13-24-19(27)12-16-11-17(26-33-16)14-6-8-15(9-7-14)20(23)30-2;/h6-9,16,18,23H,4-5,10-13H2,1-3H3,(H,24,27)(H,25,29);1H/t16-,18+;/m1./s1. The molecule has 1 aromatic rings. The molecule has 3 N–H and O–H groups in total. The lowest BCUT2D eigenvalue weighted by atomic mass is 10.0. The monoisotopic (exact) mass is 498 g/mol. The number of carbonyl (C=O) groups is 3. The van der Waals surface area contributed by atoms with Gasteiger partial charge < -0.3 is 29.7 Å². The molecule has 188 valence electrons. The molecule has 2 rings (SSSR count). The average molecular weight is 499 g/mol. The number of methoxy groups -OCH3 is 2. The van der Waals surface area contributed by atoms with E-state index in [1.165, 1.54) is 14.2 Å². The quantitative estimate of drug-likeness (QED) is 0.183. The molecular formula is C22H31ClN4O7. The van der Waals surface area contributed by atoms with Crippen LogP contribution in [0.1, 0.15) is 43.7 Å². The van der Waals surface area contributed by atoms with Gasteiger partial charge >= 0.3 is 12.1 Å². The zero-order valence-corrected chi connectivity index (χ0v) is 20.2. The zero-order chi connectivity index (χ0) is 24.2. The number of ether oxygens (including phenoxy) is 3. The Labute approximate surface area is 204 Å². The second-order valence-electron chi connectivity index (χ2n) is 7.30. The van der Waals surface area contributed by atoms with Gasteiger partial charge in [-0.3, -0.25) is 10.2 Å². The van der Waals surface area contributed by atoms with E-state index < -0.39 is 24.2 Å². The molecule has 2 atom stereocenters. The Morgan fingerprint density at radius 3 is 2.53 bits per heavy atom. The summed E-state index contributed by atoms with van der Waals surface area (Å²) in [6.07, 6.45) is 0.810. The molecule has 0 aliphatic carbocycles. The number of alkyl carbamates (subject to hydrolysis) is 1. The van der Waals surface area contributed by atoms with E-state index in [0.717, 1.165) is 12.0 Å². The highest BCUT2D eigenvalue weighted by atomic mass is 35.5. The Bertz CT molecular complexity index is 877. The SMILES string of the molecule is CCCCOC(=O)N[C@@H](CNC(=O)C[C@H]1CC(c2ccc(C(=N)OC)cc2)=NO1)C(=O)OC.Cl. The first-order valence-corrected chi connectivity index (χ1v) is 10.6. The van der Waals surface area contributed by atoms with Gasteiger partial charge in [0.25, 0.3) is 0 Å². The molecule has 34 heavy (non-hydrogen) atoms. The maximum atomic E-state index is 12.3. The summed E-state index contributed by atoms with van der Waals surface area (Å²) in [6, 6.07) is 6.03. The molecule has 11 nitrogen and oxygen atoms in total. The highest BCUT2D eigenvalue weighted by Gasteiger charge is 2.27. The van der Waals surface area contributed by atoms with E-state index in [1.54, 1.807) is 24.3 Å². The van der Waals surface area contributed by atoms with Gasteiger partial charge in [0.2, 0.25) is 11.8 Å². The summed E-state index contributed by atoms with van der Waals surface area (Å²) < 4.78 is 14.5. The van der Waals surface area contributed by atoms with E-state index >= 15 is 0 Å². The van der Waals surface area contributed by atoms with Crippen molar-refractivity contribution >= 4 is 42.0 Å². The van der Waals surface area contributed by atoms with Crippen molar-refractivity contribution in [1.29, 1.82) is 5.41 Å². The Morgan fingerprint density at radius 1 is 1.21 bits per heavy atom. The first-order chi connectivity index (χ1) is 15.9. The molecule has 2 amide bonds. The maximum absolute atomic E-state index is 12.3. The highest BCUT2D eigenvalue weighted by Crippen LogP contribution is 2.19. The first-order valence-electron chi connectivity index (χ1n) is 10.6. The van der Waals surface area contributed by atoms with E-state index in [1.807, 2.05) is 6.92 Å². The van der Waals surface area contributed by atoms with E-state index in [-0.39, 0.29) is 43.8 Å². The van der Waals surface area contributed by atoms with Crippen molar-refractivity contribution < 1.29 is 33.4 Å². The number of rotatable bonds is 11. The van der Waals surface area contributed by atoms with E-state index in [9.17, 15) is 14.4 Å². The number of nitrogens with one attached hydrogen (secondary N) is 3. The topological polar surface area (TPSA) is 148 Å². The van der Waals surface area contributed by atoms with Crippen LogP contribution in [0.5, 0.6) is 0 Å². The molecule has 0 saturated heterocycles. The molecule has 1 heterocycles. The van der Waals surface area contributed by atoms with Crippen LogP contribution in [0.15, 0.2) is 29.4 Å². The fraction of sp³-hybridized carbons (Fsp3) is 0.500. The summed E-state index contributed by atoms with van der Waals surface area (Å²) in [4.78, 5) is 41.4. The van der Waals surface area contributed by atoms with Crippen LogP contribution >= 0.6 is 12.4 Å². The van der Waals surface area contributed by atoms with Crippen LogP contribution in [0.4, 0.5) is 4.79 Å². The predicted molar refractivity (Wildman–Crippen MR) is 126 cm³/mol. The van der Waals surface area contributed by atoms with Crippen LogP contribution in [0.3, 0.4) is 0 Å². The molecule has 0 unspecified atom stereocenters. The molecule has 0 saturated carbocycles. The summed E-state index contributed by atoms with van der Waals surface area (Å²) in [5.41, 5.74) is 2.15. The Balaban J connectivity index is 0.00000578. The summed E-state index contributed by atoms with van der Waals surface area (Å²) in [5.74, 6) is -0.999. The summed E-state index contributed by atoms with van der Waals surface area (Å²) >= 11 is 0. The minimum atomic E-state index is -1.08. The summed E-state index contributed by atoms with van der Waals surface area (Å²) in [6.45, 7) is 2.05. The van der Waals surface area contributed by atoms with E-state index in [0.29, 0.717) is 24.1 Å². The third-order valence-corrected chi connectivity index (χ3v) is 4.84. The van der Waals surface area contributed by atoms with Crippen molar-refractivity contribution in [2.45, 2.75) is 44.8 Å². The van der Waals surface area contributed by atoms with Crippen molar-refractivity contribution in [3.05, 3.63) is 35.4 Å². The fourth-order valence-electron chi connectivity index (χ4n) is 2.96. The van der Waals surface area contributed by atoms with Gasteiger partial charge in [-0.25, -0.2) is 9.59 Å². The van der Waals surface area contributed by atoms with E-state index in [4.69, 9.17) is 19.7 Å². The normalized spacial score (nSPS) is 15.0.